The van der Waals surface area contributed by atoms with Crippen molar-refractivity contribution >= 4 is 36.0 Å². The number of amides is 1. The fraction of sp³-hybridized carbons (Fsp3) is 0.569. The van der Waals surface area contributed by atoms with E-state index < -0.39 is 108 Å². The van der Waals surface area contributed by atoms with Crippen LogP contribution >= 0.6 is 0 Å². The van der Waals surface area contributed by atoms with Crippen molar-refractivity contribution in [2.75, 3.05) is 20.7 Å². The first-order chi connectivity index (χ1) is 32.7. The zero-order chi connectivity index (χ0) is 50.2. The number of benzene rings is 1. The Bertz CT molecular complexity index is 2270. The van der Waals surface area contributed by atoms with Gasteiger partial charge in [-0.15, -0.1) is 0 Å². The van der Waals surface area contributed by atoms with Gasteiger partial charge in [0, 0.05) is 54.1 Å². The number of ether oxygens (including phenoxy) is 7. The highest BCUT2D eigenvalue weighted by Crippen LogP contribution is 2.42. The number of hydrogen-bond donors (Lipinski definition) is 2. The van der Waals surface area contributed by atoms with Crippen molar-refractivity contribution in [2.45, 2.75) is 141 Å². The lowest BCUT2D eigenvalue weighted by Gasteiger charge is -2.48. The smallest absolute Gasteiger partial charge is 0.461 e. The molecule has 14 atom stereocenters. The third-order valence-electron chi connectivity index (χ3n) is 13.7. The average Bonchev–Trinajstić information content (AvgIpc) is 3.64. The van der Waals surface area contributed by atoms with Gasteiger partial charge in [0.15, 0.2) is 11.9 Å². The number of alkyl carbamates (subject to hydrolysis) is 1. The van der Waals surface area contributed by atoms with Crippen LogP contribution in [0.15, 0.2) is 73.5 Å². The number of likely N-dealkylation sites (N-methyl/N-ethyl adjacent to an activating group) is 1. The summed E-state index contributed by atoms with van der Waals surface area (Å²) in [6.45, 7) is 13.1. The Morgan fingerprint density at radius 1 is 0.971 bits per heavy atom. The maximum absolute atomic E-state index is 14.7. The molecule has 0 radical (unpaired) electrons. The van der Waals surface area contributed by atoms with Crippen LogP contribution in [0.3, 0.4) is 0 Å². The number of fused-ring (bicyclic) bond motifs is 1. The van der Waals surface area contributed by atoms with E-state index in [1.807, 2.05) is 50.2 Å². The van der Waals surface area contributed by atoms with E-state index >= 15 is 0 Å². The number of pyridine rings is 1. The Labute approximate surface area is 403 Å². The van der Waals surface area contributed by atoms with Gasteiger partial charge in [-0.1, -0.05) is 64.1 Å². The van der Waals surface area contributed by atoms with Crippen LogP contribution in [0.5, 0.6) is 0 Å². The van der Waals surface area contributed by atoms with E-state index in [1.54, 1.807) is 97.5 Å². The third-order valence-corrected chi connectivity index (χ3v) is 13.7. The van der Waals surface area contributed by atoms with E-state index in [2.05, 4.69) is 20.3 Å². The summed E-state index contributed by atoms with van der Waals surface area (Å²) in [5.74, 6) is -5.92. The van der Waals surface area contributed by atoms with Crippen LogP contribution in [0.4, 0.5) is 9.59 Å². The molecule has 0 saturated carbocycles. The van der Waals surface area contributed by atoms with Gasteiger partial charge in [0.2, 0.25) is 0 Å². The minimum atomic E-state index is -1.84. The van der Waals surface area contributed by atoms with E-state index in [0.29, 0.717) is 12.0 Å². The van der Waals surface area contributed by atoms with Crippen molar-refractivity contribution in [3.05, 3.63) is 84.6 Å². The van der Waals surface area contributed by atoms with Gasteiger partial charge in [0.1, 0.15) is 42.4 Å². The van der Waals surface area contributed by atoms with Crippen LogP contribution in [-0.2, 0) is 54.0 Å². The fourth-order valence-electron chi connectivity index (χ4n) is 10.0. The number of aliphatic hydroxyl groups excluding tert-OH is 1. The SMILES string of the molecule is CC[C@H]1OC(=O)[C@H](C)[C@@H](OC(=O)Cc2cccnc2)[C@H](C)[C@@H](O[C@@H]2O[C@H](C)C[C@H](N(C)C)[C@H]2O)[C@](C)(OC(=O)OC/C=C/c2ccc(-c3cnccn3)cc2)C[C@@H](C)C(=O)[C@H](C)[C@H]2NC(=O)O[C@@]21C. The largest absolute Gasteiger partial charge is 0.509 e. The second-order valence-electron chi connectivity index (χ2n) is 19.2. The van der Waals surface area contributed by atoms with Gasteiger partial charge in [-0.25, -0.2) is 9.59 Å². The second-order valence-corrected chi connectivity index (χ2v) is 19.2. The van der Waals surface area contributed by atoms with E-state index in [4.69, 9.17) is 33.2 Å². The lowest BCUT2D eigenvalue weighted by atomic mass is 9.73. The van der Waals surface area contributed by atoms with Gasteiger partial charge in [0.25, 0.3) is 0 Å². The summed E-state index contributed by atoms with van der Waals surface area (Å²) < 4.78 is 43.5. The molecule has 69 heavy (non-hydrogen) atoms. The third kappa shape index (κ3) is 12.5. The van der Waals surface area contributed by atoms with Crippen molar-refractivity contribution in [1.29, 1.82) is 0 Å². The number of Topliss-reactive ketones (excluding diaryl/α,β-unsaturated/α-hetero) is 1. The summed E-state index contributed by atoms with van der Waals surface area (Å²) >= 11 is 0. The van der Waals surface area contributed by atoms with E-state index in [0.717, 1.165) is 16.8 Å². The standard InChI is InChI=1S/C51H67N5O13/c1-11-39-51(8)44(55-48(61)68-51)31(4)41(58)29(2)26-50(7,69-49(62)63-23-13-15-34-16-18-36(19-17-34)37-28-53-21-22-54-37)45(67-47-42(59)38(56(9)10)24-30(3)64-47)32(5)43(33(6)46(60)65-39)66-40(57)25-35-14-12-20-52-27-35/h12-22,27-33,38-39,42-45,47,59H,11,23-26H2,1-10H3,(H,55,61)/b15-13+/t29-,30-,31+,32+,33-,38+,39-,42-,43+,44-,45-,47+,50-,51-/m1/s1. The Balaban J connectivity index is 1.40. The molecule has 3 aromatic rings. The Kier molecular flexibility index (Phi) is 17.3. The van der Waals surface area contributed by atoms with Crippen LogP contribution in [0, 0.1) is 23.7 Å². The minimum absolute atomic E-state index is 0.200. The molecule has 1 aromatic carbocycles. The van der Waals surface area contributed by atoms with Crippen molar-refractivity contribution in [1.82, 2.24) is 25.2 Å². The summed E-state index contributed by atoms with van der Waals surface area (Å²) in [7, 11) is 3.65. The van der Waals surface area contributed by atoms with Gasteiger partial charge >= 0.3 is 24.2 Å². The predicted octanol–water partition coefficient (Wildman–Crippen LogP) is 6.14. The molecule has 3 aliphatic heterocycles. The molecule has 18 nitrogen and oxygen atoms in total. The summed E-state index contributed by atoms with van der Waals surface area (Å²) in [6, 6.07) is 9.57. The number of hydrogen-bond acceptors (Lipinski definition) is 17. The van der Waals surface area contributed by atoms with Crippen LogP contribution in [-0.4, -0.2) is 136 Å². The average molecular weight is 958 g/mol. The highest BCUT2D eigenvalue weighted by Gasteiger charge is 2.58. The zero-order valence-corrected chi connectivity index (χ0v) is 41.1. The highest BCUT2D eigenvalue weighted by molar-refractivity contribution is 5.85. The van der Waals surface area contributed by atoms with Gasteiger partial charge in [-0.2, -0.15) is 0 Å². The Hall–Kier alpha value is -5.82. The number of esters is 2. The fourth-order valence-corrected chi connectivity index (χ4v) is 10.0. The maximum Gasteiger partial charge on any atom is 0.509 e. The summed E-state index contributed by atoms with van der Waals surface area (Å²) in [5.41, 5.74) is -0.370. The number of nitrogens with one attached hydrogen (secondary N) is 1. The van der Waals surface area contributed by atoms with Crippen LogP contribution in [0.25, 0.3) is 17.3 Å². The van der Waals surface area contributed by atoms with Crippen molar-refractivity contribution < 1.29 is 62.2 Å². The first-order valence-corrected chi connectivity index (χ1v) is 23.6. The maximum atomic E-state index is 14.7. The molecule has 0 aliphatic carbocycles. The molecule has 18 heteroatoms. The first kappa shape index (κ1) is 52.5. The number of aromatic nitrogens is 3. The van der Waals surface area contributed by atoms with Gasteiger partial charge in [0.05, 0.1) is 36.4 Å². The molecule has 6 rings (SSSR count). The topological polar surface area (TPSA) is 224 Å². The number of aliphatic hydroxyl groups is 1. The second kappa shape index (κ2) is 22.7. The number of nitrogens with zero attached hydrogens (tertiary/aromatic N) is 4. The van der Waals surface area contributed by atoms with Crippen molar-refractivity contribution in [2.24, 2.45) is 23.7 Å². The number of carbonyl (C=O) groups excluding carboxylic acids is 5. The summed E-state index contributed by atoms with van der Waals surface area (Å²) in [5, 5.41) is 14.6. The number of cyclic esters (lactones) is 1. The van der Waals surface area contributed by atoms with Crippen LogP contribution in [0.1, 0.15) is 85.8 Å². The summed E-state index contributed by atoms with van der Waals surface area (Å²) in [4.78, 5) is 84.8. The number of rotatable bonds is 12. The molecule has 2 aromatic heterocycles. The Morgan fingerprint density at radius 3 is 2.35 bits per heavy atom. The van der Waals surface area contributed by atoms with Crippen molar-refractivity contribution in [3.63, 3.8) is 0 Å². The van der Waals surface area contributed by atoms with E-state index in [-0.39, 0.29) is 31.7 Å². The molecular weight excluding hydrogens is 891 g/mol. The molecule has 2 N–H and O–H groups in total. The van der Waals surface area contributed by atoms with Crippen molar-refractivity contribution in [3.8, 4) is 11.3 Å². The predicted molar refractivity (Wildman–Crippen MR) is 251 cm³/mol. The van der Waals surface area contributed by atoms with Gasteiger partial charge in [-0.05, 0) is 84.3 Å². The highest BCUT2D eigenvalue weighted by atomic mass is 16.8. The molecule has 3 fully saturated rings. The van der Waals surface area contributed by atoms with Crippen LogP contribution < -0.4 is 5.32 Å². The molecule has 0 bridgehead atoms. The first-order valence-electron chi connectivity index (χ1n) is 23.6. The van der Waals surface area contributed by atoms with Gasteiger partial charge in [-0.3, -0.25) is 29.3 Å². The zero-order valence-electron chi connectivity index (χ0n) is 41.1. The molecule has 0 unspecified atom stereocenters. The molecule has 3 aliphatic rings. The van der Waals surface area contributed by atoms with Gasteiger partial charge < -0.3 is 48.5 Å². The molecule has 1 amide bonds. The number of carbonyl (C=O) groups is 5. The van der Waals surface area contributed by atoms with Crippen LogP contribution in [0.2, 0.25) is 0 Å². The Morgan fingerprint density at radius 2 is 1.70 bits per heavy atom. The monoisotopic (exact) mass is 957 g/mol. The lowest BCUT2D eigenvalue weighted by Crippen LogP contribution is -2.61. The molecule has 5 heterocycles. The molecule has 374 valence electrons. The minimum Gasteiger partial charge on any atom is -0.461 e. The molecule has 0 spiro atoms. The quantitative estimate of drug-likeness (QED) is 0.154. The number of ketones is 1. The lowest BCUT2D eigenvalue weighted by molar-refractivity contribution is -0.300. The van der Waals surface area contributed by atoms with E-state index in [1.165, 1.54) is 6.20 Å². The molecular formula is C51H67N5O13. The summed E-state index contributed by atoms with van der Waals surface area (Å²) in [6.07, 6.45) is 3.01. The molecule has 3 saturated heterocycles. The normalized spacial score (nSPS) is 33.4. The van der Waals surface area contributed by atoms with E-state index in [9.17, 15) is 29.1 Å².